The van der Waals surface area contributed by atoms with Crippen LogP contribution in [0.1, 0.15) is 37.4 Å². The molecule has 2 aromatic rings. The summed E-state index contributed by atoms with van der Waals surface area (Å²) in [5, 5.41) is 11.3. The number of aliphatic hydroxyl groups excluding tert-OH is 1. The number of nitrogens with zero attached hydrogens (tertiary/aromatic N) is 1. The summed E-state index contributed by atoms with van der Waals surface area (Å²) in [6.07, 6.45) is 5.71. The molecule has 1 aromatic carbocycles. The van der Waals surface area contributed by atoms with Crippen molar-refractivity contribution in [2.45, 2.75) is 37.9 Å². The zero-order valence-electron chi connectivity index (χ0n) is 11.0. The highest BCUT2D eigenvalue weighted by atomic mass is 16.5. The SMILES string of the molecule is OC(CCC1CCCO1)c1ccc2ncccc2c1. The molecule has 0 radical (unpaired) electrons. The van der Waals surface area contributed by atoms with Crippen LogP contribution in [0.4, 0.5) is 0 Å². The summed E-state index contributed by atoms with van der Waals surface area (Å²) < 4.78 is 5.59. The lowest BCUT2D eigenvalue weighted by atomic mass is 10.0. The number of fused-ring (bicyclic) bond motifs is 1. The molecule has 3 nitrogen and oxygen atoms in total. The second-order valence-electron chi connectivity index (χ2n) is 5.18. The van der Waals surface area contributed by atoms with Gasteiger partial charge in [0.05, 0.1) is 17.7 Å². The van der Waals surface area contributed by atoms with Gasteiger partial charge in [-0.25, -0.2) is 0 Å². The number of rotatable bonds is 4. The van der Waals surface area contributed by atoms with Crippen LogP contribution in [0, 0.1) is 0 Å². The van der Waals surface area contributed by atoms with Crippen LogP contribution in [-0.4, -0.2) is 22.8 Å². The minimum atomic E-state index is -0.409. The van der Waals surface area contributed by atoms with Crippen molar-refractivity contribution in [3.8, 4) is 0 Å². The summed E-state index contributed by atoms with van der Waals surface area (Å²) in [6.45, 7) is 0.877. The van der Waals surface area contributed by atoms with E-state index in [4.69, 9.17) is 4.74 Å². The number of benzene rings is 1. The van der Waals surface area contributed by atoms with Crippen LogP contribution in [0.3, 0.4) is 0 Å². The van der Waals surface area contributed by atoms with Gasteiger partial charge in [0.1, 0.15) is 0 Å². The molecular weight excluding hydrogens is 238 g/mol. The van der Waals surface area contributed by atoms with Crippen molar-refractivity contribution in [3.63, 3.8) is 0 Å². The third kappa shape index (κ3) is 2.94. The third-order valence-electron chi connectivity index (χ3n) is 3.80. The summed E-state index contributed by atoms with van der Waals surface area (Å²) in [5.41, 5.74) is 1.94. The number of hydrogen-bond acceptors (Lipinski definition) is 3. The number of aliphatic hydroxyl groups is 1. The normalized spacial score (nSPS) is 20.8. The van der Waals surface area contributed by atoms with E-state index in [2.05, 4.69) is 4.98 Å². The first-order chi connectivity index (χ1) is 9.33. The fourth-order valence-corrected chi connectivity index (χ4v) is 2.68. The van der Waals surface area contributed by atoms with E-state index in [1.807, 2.05) is 30.3 Å². The van der Waals surface area contributed by atoms with E-state index in [9.17, 15) is 5.11 Å². The molecule has 19 heavy (non-hydrogen) atoms. The maximum atomic E-state index is 10.3. The molecule has 0 spiro atoms. The van der Waals surface area contributed by atoms with Gasteiger partial charge in [-0.3, -0.25) is 4.98 Å². The van der Waals surface area contributed by atoms with Crippen molar-refractivity contribution in [2.75, 3.05) is 6.61 Å². The Morgan fingerprint density at radius 1 is 1.37 bits per heavy atom. The molecule has 3 rings (SSSR count). The van der Waals surface area contributed by atoms with Crippen LogP contribution in [0.25, 0.3) is 10.9 Å². The zero-order valence-corrected chi connectivity index (χ0v) is 11.0. The van der Waals surface area contributed by atoms with E-state index in [1.54, 1.807) is 6.20 Å². The van der Waals surface area contributed by atoms with Crippen molar-refractivity contribution in [1.82, 2.24) is 4.98 Å². The van der Waals surface area contributed by atoms with Gasteiger partial charge in [-0.15, -0.1) is 0 Å². The maximum Gasteiger partial charge on any atom is 0.0791 e. The lowest BCUT2D eigenvalue weighted by Gasteiger charge is -2.14. The van der Waals surface area contributed by atoms with Gasteiger partial charge in [0.15, 0.2) is 0 Å². The number of hydrogen-bond donors (Lipinski definition) is 1. The second-order valence-corrected chi connectivity index (χ2v) is 5.18. The highest BCUT2D eigenvalue weighted by Gasteiger charge is 2.17. The fourth-order valence-electron chi connectivity index (χ4n) is 2.68. The Morgan fingerprint density at radius 2 is 2.32 bits per heavy atom. The van der Waals surface area contributed by atoms with E-state index in [0.717, 1.165) is 48.8 Å². The van der Waals surface area contributed by atoms with Crippen molar-refractivity contribution in [3.05, 3.63) is 42.1 Å². The Bertz CT molecular complexity index is 549. The molecule has 0 bridgehead atoms. The van der Waals surface area contributed by atoms with Crippen LogP contribution < -0.4 is 0 Å². The monoisotopic (exact) mass is 257 g/mol. The lowest BCUT2D eigenvalue weighted by molar-refractivity contribution is 0.0812. The molecule has 1 fully saturated rings. The molecule has 0 aliphatic carbocycles. The number of pyridine rings is 1. The van der Waals surface area contributed by atoms with Gasteiger partial charge in [-0.2, -0.15) is 0 Å². The van der Waals surface area contributed by atoms with Crippen LogP contribution in [0.15, 0.2) is 36.5 Å². The Kier molecular flexibility index (Phi) is 3.76. The van der Waals surface area contributed by atoms with Crippen LogP contribution in [-0.2, 0) is 4.74 Å². The topological polar surface area (TPSA) is 42.4 Å². The summed E-state index contributed by atoms with van der Waals surface area (Å²) in [4.78, 5) is 4.29. The fraction of sp³-hybridized carbons (Fsp3) is 0.438. The van der Waals surface area contributed by atoms with E-state index in [1.165, 1.54) is 0 Å². The minimum absolute atomic E-state index is 0.344. The Hall–Kier alpha value is -1.45. The molecule has 2 atom stereocenters. The molecule has 3 heteroatoms. The van der Waals surface area contributed by atoms with E-state index >= 15 is 0 Å². The molecule has 100 valence electrons. The number of ether oxygens (including phenoxy) is 1. The predicted molar refractivity (Wildman–Crippen MR) is 74.9 cm³/mol. The van der Waals surface area contributed by atoms with E-state index in [-0.39, 0.29) is 0 Å². The molecule has 2 heterocycles. The van der Waals surface area contributed by atoms with E-state index in [0.29, 0.717) is 6.10 Å². The molecule has 1 aliphatic heterocycles. The van der Waals surface area contributed by atoms with Crippen molar-refractivity contribution in [2.24, 2.45) is 0 Å². The van der Waals surface area contributed by atoms with Crippen LogP contribution in [0.5, 0.6) is 0 Å². The van der Waals surface area contributed by atoms with Gasteiger partial charge in [0.25, 0.3) is 0 Å². The predicted octanol–water partition coefficient (Wildman–Crippen LogP) is 3.23. The van der Waals surface area contributed by atoms with Gasteiger partial charge >= 0.3 is 0 Å². The molecule has 1 N–H and O–H groups in total. The highest BCUT2D eigenvalue weighted by Crippen LogP contribution is 2.25. The summed E-state index contributed by atoms with van der Waals surface area (Å²) in [6, 6.07) is 9.92. The first-order valence-corrected chi connectivity index (χ1v) is 6.97. The smallest absolute Gasteiger partial charge is 0.0791 e. The molecule has 1 aromatic heterocycles. The molecule has 1 saturated heterocycles. The van der Waals surface area contributed by atoms with Crippen LogP contribution in [0.2, 0.25) is 0 Å². The summed E-state index contributed by atoms with van der Waals surface area (Å²) >= 11 is 0. The molecule has 0 saturated carbocycles. The van der Waals surface area contributed by atoms with Crippen molar-refractivity contribution < 1.29 is 9.84 Å². The molecule has 0 amide bonds. The van der Waals surface area contributed by atoms with Gasteiger partial charge in [-0.1, -0.05) is 12.1 Å². The van der Waals surface area contributed by atoms with Crippen LogP contribution >= 0.6 is 0 Å². The maximum absolute atomic E-state index is 10.3. The molecule has 2 unspecified atom stereocenters. The summed E-state index contributed by atoms with van der Waals surface area (Å²) in [7, 11) is 0. The third-order valence-corrected chi connectivity index (χ3v) is 3.80. The van der Waals surface area contributed by atoms with Gasteiger partial charge < -0.3 is 9.84 Å². The average molecular weight is 257 g/mol. The highest BCUT2D eigenvalue weighted by molar-refractivity contribution is 5.78. The lowest BCUT2D eigenvalue weighted by Crippen LogP contribution is -2.08. The Labute approximate surface area is 113 Å². The Balaban J connectivity index is 1.68. The number of aromatic nitrogens is 1. The van der Waals surface area contributed by atoms with Gasteiger partial charge in [0.2, 0.25) is 0 Å². The standard InChI is InChI=1S/C16H19NO2/c18-16(8-6-14-4-2-10-19-14)13-5-7-15-12(11-13)3-1-9-17-15/h1,3,5,7,9,11,14,16,18H,2,4,6,8,10H2. The molecular formula is C16H19NO2. The second kappa shape index (κ2) is 5.68. The largest absolute Gasteiger partial charge is 0.388 e. The molecule has 1 aliphatic rings. The zero-order chi connectivity index (χ0) is 13.1. The first-order valence-electron chi connectivity index (χ1n) is 6.97. The quantitative estimate of drug-likeness (QED) is 0.914. The minimum Gasteiger partial charge on any atom is -0.388 e. The Morgan fingerprint density at radius 3 is 3.16 bits per heavy atom. The first kappa shape index (κ1) is 12.6. The van der Waals surface area contributed by atoms with Gasteiger partial charge in [-0.05, 0) is 49.4 Å². The van der Waals surface area contributed by atoms with Gasteiger partial charge in [0, 0.05) is 18.2 Å². The summed E-state index contributed by atoms with van der Waals surface area (Å²) in [5.74, 6) is 0. The van der Waals surface area contributed by atoms with Crippen molar-refractivity contribution >= 4 is 10.9 Å². The van der Waals surface area contributed by atoms with Crippen molar-refractivity contribution in [1.29, 1.82) is 0 Å². The van der Waals surface area contributed by atoms with E-state index < -0.39 is 6.10 Å². The average Bonchev–Trinajstić information content (AvgIpc) is 2.97.